The quantitative estimate of drug-likeness (QED) is 0.245. The number of amides is 1. The second-order valence-electron chi connectivity index (χ2n) is 10.2. The van der Waals surface area contributed by atoms with Crippen molar-refractivity contribution in [1.29, 1.82) is 0 Å². The zero-order valence-corrected chi connectivity index (χ0v) is 22.5. The van der Waals surface area contributed by atoms with Gasteiger partial charge in [0.05, 0.1) is 41.3 Å². The Hall–Kier alpha value is -3.86. The molecule has 1 fully saturated rings. The second-order valence-corrected chi connectivity index (χ2v) is 10.6. The average molecular weight is 561 g/mol. The maximum atomic E-state index is 13.8. The number of benzene rings is 1. The first-order valence-electron chi connectivity index (χ1n) is 13.4. The van der Waals surface area contributed by atoms with Crippen LogP contribution in [0.1, 0.15) is 63.2 Å². The van der Waals surface area contributed by atoms with Gasteiger partial charge in [-0.2, -0.15) is 0 Å². The van der Waals surface area contributed by atoms with Gasteiger partial charge in [0, 0.05) is 23.6 Å². The van der Waals surface area contributed by atoms with Gasteiger partial charge in [-0.3, -0.25) is 14.6 Å². The van der Waals surface area contributed by atoms with Crippen molar-refractivity contribution in [2.24, 2.45) is 0 Å². The van der Waals surface area contributed by atoms with Gasteiger partial charge in [0.1, 0.15) is 23.5 Å². The van der Waals surface area contributed by atoms with Crippen LogP contribution in [0.25, 0.3) is 11.0 Å². The molecular formula is C29H29ClN6O4. The van der Waals surface area contributed by atoms with E-state index in [2.05, 4.69) is 30.6 Å². The molecule has 4 aromatic rings. The van der Waals surface area contributed by atoms with E-state index in [1.165, 1.54) is 11.9 Å². The normalized spacial score (nSPS) is 18.8. The second kappa shape index (κ2) is 11.3. The third kappa shape index (κ3) is 5.30. The molecule has 1 aliphatic heterocycles. The van der Waals surface area contributed by atoms with Crippen LogP contribution in [0.15, 0.2) is 43.0 Å². The number of hydrogen-bond acceptors (Lipinski definition) is 8. The molecule has 0 bridgehead atoms. The number of aliphatic hydroxyl groups is 1. The fourth-order valence-electron chi connectivity index (χ4n) is 5.36. The van der Waals surface area contributed by atoms with Crippen molar-refractivity contribution >= 4 is 45.8 Å². The minimum absolute atomic E-state index is 0.00889. The highest BCUT2D eigenvalue weighted by molar-refractivity contribution is 6.36. The first-order valence-corrected chi connectivity index (χ1v) is 13.8. The number of ketones is 1. The van der Waals surface area contributed by atoms with Gasteiger partial charge in [0.15, 0.2) is 5.78 Å². The molecule has 40 heavy (non-hydrogen) atoms. The Bertz CT molecular complexity index is 1580. The highest BCUT2D eigenvalue weighted by atomic mass is 35.5. The van der Waals surface area contributed by atoms with Gasteiger partial charge >= 0.3 is 0 Å². The number of aliphatic hydroxyl groups excluding tert-OH is 1. The van der Waals surface area contributed by atoms with Gasteiger partial charge in [-0.15, -0.1) is 0 Å². The molecule has 0 saturated carbocycles. The Morgan fingerprint density at radius 2 is 1.93 bits per heavy atom. The highest BCUT2D eigenvalue weighted by Crippen LogP contribution is 2.31. The van der Waals surface area contributed by atoms with E-state index in [-0.39, 0.29) is 41.0 Å². The molecule has 11 heteroatoms. The lowest BCUT2D eigenvalue weighted by molar-refractivity contribution is -0.0224. The number of aromatic nitrogens is 4. The van der Waals surface area contributed by atoms with Gasteiger partial charge in [0.2, 0.25) is 0 Å². The summed E-state index contributed by atoms with van der Waals surface area (Å²) in [4.78, 5) is 42.8. The van der Waals surface area contributed by atoms with E-state index in [1.807, 2.05) is 6.07 Å². The van der Waals surface area contributed by atoms with Crippen LogP contribution in [0.5, 0.6) is 0 Å². The Morgan fingerprint density at radius 1 is 1.07 bits per heavy atom. The summed E-state index contributed by atoms with van der Waals surface area (Å²) in [6.45, 7) is 0.405. The SMILES string of the molecule is O=C(Nc1ccc(Cl)c(C(=O)c2c[nH]c3ncnc(N[C@@H]4CC[C@@H](CO)OC4)c23)c1)c1cc2c(cn1)CCCC2. The lowest BCUT2D eigenvalue weighted by atomic mass is 9.93. The summed E-state index contributed by atoms with van der Waals surface area (Å²) in [5.74, 6) is -0.179. The standard InChI is InChI=1S/C29H29ClN6O4/c30-23-8-6-18(36-29(39)24-9-16-3-1-2-4-17(16)11-31-24)10-21(23)26(38)22-12-32-27-25(22)28(34-15-33-27)35-19-5-7-20(13-37)40-14-19/h6,8-12,15,19-20,37H,1-5,7,13-14H2,(H,36,39)(H2,32,33,34,35)/t19-,20+/m1/s1. The van der Waals surface area contributed by atoms with Crippen molar-refractivity contribution in [3.63, 3.8) is 0 Å². The number of halogens is 1. The summed E-state index contributed by atoms with van der Waals surface area (Å²) in [6.07, 6.45) is 10.3. The Morgan fingerprint density at radius 3 is 2.73 bits per heavy atom. The van der Waals surface area contributed by atoms with Crippen LogP contribution in [0.4, 0.5) is 11.5 Å². The predicted molar refractivity (Wildman–Crippen MR) is 151 cm³/mol. The molecule has 0 spiro atoms. The van der Waals surface area contributed by atoms with Crippen molar-refractivity contribution in [2.45, 2.75) is 50.7 Å². The van der Waals surface area contributed by atoms with Crippen LogP contribution in [-0.2, 0) is 17.6 Å². The number of ether oxygens (including phenoxy) is 1. The predicted octanol–water partition coefficient (Wildman–Crippen LogP) is 4.32. The molecular weight excluding hydrogens is 532 g/mol. The van der Waals surface area contributed by atoms with Crippen LogP contribution in [0.3, 0.4) is 0 Å². The lowest BCUT2D eigenvalue weighted by Gasteiger charge is -2.29. The number of aromatic amines is 1. The van der Waals surface area contributed by atoms with Crippen LogP contribution in [0, 0.1) is 0 Å². The van der Waals surface area contributed by atoms with Crippen molar-refractivity contribution in [3.05, 3.63) is 76.0 Å². The first kappa shape index (κ1) is 26.4. The molecule has 0 unspecified atom stereocenters. The van der Waals surface area contributed by atoms with Gasteiger partial charge in [-0.1, -0.05) is 11.6 Å². The number of H-pyrrole nitrogens is 1. The number of aryl methyl sites for hydroxylation is 2. The molecule has 6 rings (SSSR count). The van der Waals surface area contributed by atoms with E-state index in [4.69, 9.17) is 16.3 Å². The summed E-state index contributed by atoms with van der Waals surface area (Å²) in [5.41, 5.74) is 4.23. The monoisotopic (exact) mass is 560 g/mol. The van der Waals surface area contributed by atoms with Gasteiger partial charge in [-0.05, 0) is 73.9 Å². The van der Waals surface area contributed by atoms with E-state index in [0.29, 0.717) is 40.4 Å². The minimum Gasteiger partial charge on any atom is -0.394 e. The number of anilines is 2. The largest absolute Gasteiger partial charge is 0.394 e. The molecule has 206 valence electrons. The van der Waals surface area contributed by atoms with E-state index in [9.17, 15) is 14.7 Å². The highest BCUT2D eigenvalue weighted by Gasteiger charge is 2.25. The maximum Gasteiger partial charge on any atom is 0.274 e. The molecule has 1 amide bonds. The van der Waals surface area contributed by atoms with E-state index >= 15 is 0 Å². The van der Waals surface area contributed by atoms with Crippen LogP contribution >= 0.6 is 11.6 Å². The van der Waals surface area contributed by atoms with Gasteiger partial charge in [-0.25, -0.2) is 9.97 Å². The number of hydrogen-bond donors (Lipinski definition) is 4. The zero-order chi connectivity index (χ0) is 27.6. The third-order valence-corrected chi connectivity index (χ3v) is 7.89. The van der Waals surface area contributed by atoms with Gasteiger partial charge < -0.3 is 25.5 Å². The Balaban J connectivity index is 1.24. The van der Waals surface area contributed by atoms with Crippen molar-refractivity contribution in [2.75, 3.05) is 23.8 Å². The van der Waals surface area contributed by atoms with Crippen molar-refractivity contribution < 1.29 is 19.4 Å². The summed E-state index contributed by atoms with van der Waals surface area (Å²) >= 11 is 6.47. The van der Waals surface area contributed by atoms with Crippen LogP contribution < -0.4 is 10.6 Å². The molecule has 1 aliphatic carbocycles. The number of nitrogens with zero attached hydrogens (tertiary/aromatic N) is 3. The maximum absolute atomic E-state index is 13.8. The Kier molecular flexibility index (Phi) is 7.46. The molecule has 1 aromatic carbocycles. The lowest BCUT2D eigenvalue weighted by Crippen LogP contribution is -2.36. The first-order chi connectivity index (χ1) is 19.5. The van der Waals surface area contributed by atoms with Gasteiger partial charge in [0.25, 0.3) is 5.91 Å². The number of rotatable bonds is 7. The smallest absolute Gasteiger partial charge is 0.274 e. The number of carbonyl (C=O) groups is 2. The average Bonchev–Trinajstić information content (AvgIpc) is 3.43. The number of pyridine rings is 1. The fraction of sp³-hybridized carbons (Fsp3) is 0.345. The summed E-state index contributed by atoms with van der Waals surface area (Å²) in [5, 5.41) is 16.4. The summed E-state index contributed by atoms with van der Waals surface area (Å²) in [7, 11) is 0. The molecule has 2 atom stereocenters. The number of nitrogens with one attached hydrogen (secondary N) is 3. The molecule has 4 heterocycles. The van der Waals surface area contributed by atoms with Crippen molar-refractivity contribution in [3.8, 4) is 0 Å². The third-order valence-electron chi connectivity index (χ3n) is 7.56. The van der Waals surface area contributed by atoms with E-state index in [1.54, 1.807) is 30.6 Å². The van der Waals surface area contributed by atoms with E-state index in [0.717, 1.165) is 44.1 Å². The topological polar surface area (TPSA) is 142 Å². The van der Waals surface area contributed by atoms with Crippen LogP contribution in [0.2, 0.25) is 5.02 Å². The molecule has 10 nitrogen and oxygen atoms in total. The zero-order valence-electron chi connectivity index (χ0n) is 21.7. The molecule has 1 saturated heterocycles. The fourth-order valence-corrected chi connectivity index (χ4v) is 5.57. The Labute approximate surface area is 235 Å². The number of carbonyl (C=O) groups excluding carboxylic acids is 2. The molecule has 0 radical (unpaired) electrons. The summed E-state index contributed by atoms with van der Waals surface area (Å²) in [6, 6.07) is 6.64. The molecule has 2 aliphatic rings. The number of fused-ring (bicyclic) bond motifs is 2. The molecule has 3 aromatic heterocycles. The summed E-state index contributed by atoms with van der Waals surface area (Å²) < 4.78 is 5.69. The van der Waals surface area contributed by atoms with E-state index < -0.39 is 0 Å². The van der Waals surface area contributed by atoms with Crippen molar-refractivity contribution in [1.82, 2.24) is 19.9 Å². The minimum atomic E-state index is -0.348. The molecule has 4 N–H and O–H groups in total. The van der Waals surface area contributed by atoms with Crippen LogP contribution in [-0.4, -0.2) is 62.1 Å².